The first-order valence-corrected chi connectivity index (χ1v) is 9.55. The van der Waals surface area contributed by atoms with Crippen molar-refractivity contribution in [2.45, 2.75) is 31.0 Å². The number of nitrogens with one attached hydrogen (secondary N) is 1. The number of amides is 1. The minimum absolute atomic E-state index is 0.169. The summed E-state index contributed by atoms with van der Waals surface area (Å²) >= 11 is 0. The van der Waals surface area contributed by atoms with Crippen LogP contribution >= 0.6 is 0 Å². The molecule has 0 heterocycles. The van der Waals surface area contributed by atoms with Crippen LogP contribution in [0.1, 0.15) is 30.3 Å². The van der Waals surface area contributed by atoms with Gasteiger partial charge in [0, 0.05) is 5.92 Å². The van der Waals surface area contributed by atoms with Gasteiger partial charge in [0.15, 0.2) is 5.37 Å². The number of rotatable bonds is 6. The maximum absolute atomic E-state index is 13.1. The lowest BCUT2D eigenvalue weighted by molar-refractivity contribution is -0.124. The quantitative estimate of drug-likeness (QED) is 0.857. The Morgan fingerprint density at radius 1 is 1.00 bits per heavy atom. The lowest BCUT2D eigenvalue weighted by Crippen LogP contribution is -2.36. The van der Waals surface area contributed by atoms with Gasteiger partial charge >= 0.3 is 0 Å². The number of aryl methyl sites for hydroxylation is 1. The number of hydrogen-bond acceptors (Lipinski definition) is 4. The summed E-state index contributed by atoms with van der Waals surface area (Å²) in [6.45, 7) is 5.33. The van der Waals surface area contributed by atoms with E-state index in [1.807, 2.05) is 6.92 Å². The third-order valence-electron chi connectivity index (χ3n) is 3.88. The van der Waals surface area contributed by atoms with Crippen LogP contribution in [-0.4, -0.2) is 21.4 Å². The van der Waals surface area contributed by atoms with Crippen LogP contribution in [0.4, 0.5) is 0 Å². The Hall–Kier alpha value is -2.34. The molecule has 134 valence electrons. The molecule has 1 amide bonds. The molecule has 0 saturated carbocycles. The highest BCUT2D eigenvalue weighted by Gasteiger charge is 2.31. The fraction of sp³-hybridized carbons (Fsp3) is 0.316. The van der Waals surface area contributed by atoms with Gasteiger partial charge in [-0.25, -0.2) is 8.42 Å². The van der Waals surface area contributed by atoms with Crippen molar-refractivity contribution in [3.05, 3.63) is 59.7 Å². The summed E-state index contributed by atoms with van der Waals surface area (Å²) in [4.78, 5) is 12.4. The van der Waals surface area contributed by atoms with Crippen LogP contribution in [0, 0.1) is 12.8 Å². The third-order valence-corrected chi connectivity index (χ3v) is 5.82. The summed E-state index contributed by atoms with van der Waals surface area (Å²) in [5.41, 5.74) is 1.45. The lowest BCUT2D eigenvalue weighted by atomic mass is 10.2. The van der Waals surface area contributed by atoms with E-state index in [0.717, 1.165) is 5.56 Å². The fourth-order valence-electron chi connectivity index (χ4n) is 2.28. The van der Waals surface area contributed by atoms with Crippen molar-refractivity contribution in [2.75, 3.05) is 7.11 Å². The van der Waals surface area contributed by atoms with E-state index in [4.69, 9.17) is 4.74 Å². The normalized spacial score (nSPS) is 12.7. The third kappa shape index (κ3) is 4.39. The summed E-state index contributed by atoms with van der Waals surface area (Å²) in [7, 11) is -2.25. The molecule has 0 radical (unpaired) electrons. The van der Waals surface area contributed by atoms with Crippen LogP contribution in [0.2, 0.25) is 0 Å². The second kappa shape index (κ2) is 7.70. The maximum Gasteiger partial charge on any atom is 0.223 e. The fourth-order valence-corrected chi connectivity index (χ4v) is 3.85. The molecular formula is C19H23NO4S. The highest BCUT2D eigenvalue weighted by Crippen LogP contribution is 2.28. The minimum atomic E-state index is -3.79. The number of benzene rings is 2. The first-order valence-electron chi connectivity index (χ1n) is 8.00. The second-order valence-corrected chi connectivity index (χ2v) is 8.21. The standard InChI is InChI=1S/C19H23NO4S/c1-13(2)18(21)20-19(15-7-9-16(24-4)10-8-15)25(22,23)17-11-5-14(3)6-12-17/h5-13,19H,1-4H3,(H,20,21). The highest BCUT2D eigenvalue weighted by molar-refractivity contribution is 7.91. The van der Waals surface area contributed by atoms with Gasteiger partial charge < -0.3 is 10.1 Å². The SMILES string of the molecule is COc1ccc(C(NC(=O)C(C)C)S(=O)(=O)c2ccc(C)cc2)cc1. The molecule has 1 unspecified atom stereocenters. The van der Waals surface area contributed by atoms with E-state index in [0.29, 0.717) is 11.3 Å². The molecule has 0 bridgehead atoms. The molecule has 0 aliphatic heterocycles. The van der Waals surface area contributed by atoms with Crippen LogP contribution in [-0.2, 0) is 14.6 Å². The molecule has 1 atom stereocenters. The molecule has 0 aromatic heterocycles. The van der Waals surface area contributed by atoms with Crippen LogP contribution < -0.4 is 10.1 Å². The predicted octanol–water partition coefficient (Wildman–Crippen LogP) is 3.25. The van der Waals surface area contributed by atoms with E-state index in [-0.39, 0.29) is 16.7 Å². The van der Waals surface area contributed by atoms with Crippen LogP contribution in [0.15, 0.2) is 53.4 Å². The number of methoxy groups -OCH3 is 1. The summed E-state index contributed by atoms with van der Waals surface area (Å²) in [5.74, 6) is -0.0316. The van der Waals surface area contributed by atoms with Gasteiger partial charge in [0.1, 0.15) is 5.75 Å². The molecule has 2 rings (SSSR count). The van der Waals surface area contributed by atoms with Crippen molar-refractivity contribution in [1.29, 1.82) is 0 Å². The van der Waals surface area contributed by atoms with Crippen molar-refractivity contribution in [3.8, 4) is 5.75 Å². The van der Waals surface area contributed by atoms with Gasteiger partial charge in [0.25, 0.3) is 0 Å². The van der Waals surface area contributed by atoms with E-state index in [9.17, 15) is 13.2 Å². The largest absolute Gasteiger partial charge is 0.497 e. The number of carbonyl (C=O) groups excluding carboxylic acids is 1. The molecular weight excluding hydrogens is 338 g/mol. The van der Waals surface area contributed by atoms with Gasteiger partial charge in [0.05, 0.1) is 12.0 Å². The van der Waals surface area contributed by atoms with Gasteiger partial charge in [-0.1, -0.05) is 43.7 Å². The Kier molecular flexibility index (Phi) is 5.85. The Bertz CT molecular complexity index is 825. The predicted molar refractivity (Wildman–Crippen MR) is 97.1 cm³/mol. The number of carbonyl (C=O) groups is 1. The molecule has 0 saturated heterocycles. The average Bonchev–Trinajstić information content (AvgIpc) is 2.59. The smallest absolute Gasteiger partial charge is 0.223 e. The van der Waals surface area contributed by atoms with Gasteiger partial charge in [-0.05, 0) is 36.8 Å². The molecule has 1 N–H and O–H groups in total. The topological polar surface area (TPSA) is 72.5 Å². The first-order chi connectivity index (χ1) is 11.8. The summed E-state index contributed by atoms with van der Waals surface area (Å²) in [6, 6.07) is 13.2. The highest BCUT2D eigenvalue weighted by atomic mass is 32.2. The van der Waals surface area contributed by atoms with Crippen LogP contribution in [0.25, 0.3) is 0 Å². The second-order valence-electron chi connectivity index (χ2n) is 6.17. The van der Waals surface area contributed by atoms with Gasteiger partial charge in [-0.3, -0.25) is 4.79 Å². The molecule has 2 aromatic rings. The zero-order valence-electron chi connectivity index (χ0n) is 14.8. The van der Waals surface area contributed by atoms with E-state index in [1.165, 1.54) is 7.11 Å². The van der Waals surface area contributed by atoms with Crippen molar-refractivity contribution >= 4 is 15.7 Å². The van der Waals surface area contributed by atoms with Gasteiger partial charge in [-0.15, -0.1) is 0 Å². The first kappa shape index (κ1) is 19.0. The zero-order valence-corrected chi connectivity index (χ0v) is 15.6. The molecule has 2 aromatic carbocycles. The molecule has 5 nitrogen and oxygen atoms in total. The van der Waals surface area contributed by atoms with Crippen molar-refractivity contribution in [1.82, 2.24) is 5.32 Å². The van der Waals surface area contributed by atoms with Gasteiger partial charge in [0.2, 0.25) is 15.7 Å². The van der Waals surface area contributed by atoms with E-state index in [1.54, 1.807) is 62.4 Å². The van der Waals surface area contributed by atoms with Gasteiger partial charge in [-0.2, -0.15) is 0 Å². The number of sulfone groups is 1. The summed E-state index contributed by atoms with van der Waals surface area (Å²) < 4.78 is 31.3. The molecule has 0 spiro atoms. The number of ether oxygens (including phenoxy) is 1. The molecule has 0 aliphatic rings. The maximum atomic E-state index is 13.1. The van der Waals surface area contributed by atoms with Crippen molar-refractivity contribution < 1.29 is 17.9 Å². The summed E-state index contributed by atoms with van der Waals surface area (Å²) in [5, 5.41) is 1.50. The Balaban J connectivity index is 2.48. The summed E-state index contributed by atoms with van der Waals surface area (Å²) in [6.07, 6.45) is 0. The Morgan fingerprint density at radius 2 is 1.56 bits per heavy atom. The van der Waals surface area contributed by atoms with Crippen LogP contribution in [0.5, 0.6) is 5.75 Å². The molecule has 25 heavy (non-hydrogen) atoms. The minimum Gasteiger partial charge on any atom is -0.497 e. The Labute approximate surface area is 148 Å². The molecule has 0 fully saturated rings. The zero-order chi connectivity index (χ0) is 18.6. The van der Waals surface area contributed by atoms with E-state index in [2.05, 4.69) is 5.32 Å². The van der Waals surface area contributed by atoms with E-state index >= 15 is 0 Å². The lowest BCUT2D eigenvalue weighted by Gasteiger charge is -2.21. The van der Waals surface area contributed by atoms with E-state index < -0.39 is 15.2 Å². The van der Waals surface area contributed by atoms with Crippen molar-refractivity contribution in [2.24, 2.45) is 5.92 Å². The average molecular weight is 361 g/mol. The van der Waals surface area contributed by atoms with Crippen LogP contribution in [0.3, 0.4) is 0 Å². The number of hydrogen-bond donors (Lipinski definition) is 1. The Morgan fingerprint density at radius 3 is 2.04 bits per heavy atom. The molecule has 6 heteroatoms. The molecule has 0 aliphatic carbocycles. The monoisotopic (exact) mass is 361 g/mol. The van der Waals surface area contributed by atoms with Crippen molar-refractivity contribution in [3.63, 3.8) is 0 Å².